The summed E-state index contributed by atoms with van der Waals surface area (Å²) in [5.41, 5.74) is 12.6. The summed E-state index contributed by atoms with van der Waals surface area (Å²) >= 11 is 0. The predicted molar refractivity (Wildman–Crippen MR) is 117 cm³/mol. The van der Waals surface area contributed by atoms with Gasteiger partial charge in [0.2, 0.25) is 5.91 Å². The van der Waals surface area contributed by atoms with Crippen molar-refractivity contribution in [3.8, 4) is 0 Å². The van der Waals surface area contributed by atoms with E-state index in [-0.39, 0.29) is 24.4 Å². The Kier molecular flexibility index (Phi) is 7.14. The van der Waals surface area contributed by atoms with Crippen molar-refractivity contribution < 1.29 is 4.79 Å². The highest BCUT2D eigenvalue weighted by Crippen LogP contribution is 2.33. The molecule has 0 fully saturated rings. The van der Waals surface area contributed by atoms with Crippen LogP contribution < -0.4 is 16.0 Å². The summed E-state index contributed by atoms with van der Waals surface area (Å²) in [6.45, 7) is 7.10. The topological polar surface area (TPSA) is 58.4 Å². The van der Waals surface area contributed by atoms with Crippen molar-refractivity contribution in [3.05, 3.63) is 53.1 Å². The van der Waals surface area contributed by atoms with Gasteiger partial charge >= 0.3 is 0 Å². The Labute approximate surface area is 168 Å². The van der Waals surface area contributed by atoms with E-state index in [1.807, 2.05) is 19.1 Å². The molecule has 0 bridgehead atoms. The van der Waals surface area contributed by atoms with Crippen LogP contribution in [0, 0.1) is 0 Å². The fraction of sp³-hybridized carbons (Fsp3) is 0.409. The van der Waals surface area contributed by atoms with Crippen LogP contribution in [0.25, 0.3) is 0 Å². The lowest BCUT2D eigenvalue weighted by atomic mass is 9.98. The molecule has 2 aromatic rings. The van der Waals surface area contributed by atoms with Crippen molar-refractivity contribution in [2.45, 2.75) is 52.5 Å². The molecule has 1 heterocycles. The molecule has 27 heavy (non-hydrogen) atoms. The van der Waals surface area contributed by atoms with E-state index in [9.17, 15) is 4.79 Å². The fourth-order valence-corrected chi connectivity index (χ4v) is 3.85. The minimum Gasteiger partial charge on any atom is -0.398 e. The number of nitrogens with two attached hydrogens (primary N) is 1. The first kappa shape index (κ1) is 21.1. The summed E-state index contributed by atoms with van der Waals surface area (Å²) in [6.07, 6.45) is 3.80. The number of carbonyl (C=O) groups excluding carboxylic acids is 1. The first-order valence-electron chi connectivity index (χ1n) is 9.62. The van der Waals surface area contributed by atoms with Crippen LogP contribution in [0.1, 0.15) is 43.9 Å². The molecule has 1 aliphatic rings. The SMILES string of the molecule is CCc1cccc(CC)c1NC(=O)C(C)N1CCCc2c(N)cccc21.Cl. The van der Waals surface area contributed by atoms with Crippen molar-refractivity contribution in [2.75, 3.05) is 22.5 Å². The van der Waals surface area contributed by atoms with Gasteiger partial charge in [0.15, 0.2) is 0 Å². The standard InChI is InChI=1S/C22H29N3O.ClH/c1-4-16-9-6-10-17(5-2)21(16)24-22(26)15(3)25-14-8-11-18-19(23)12-7-13-20(18)25;/h6-7,9-10,12-13,15H,4-5,8,11,14,23H2,1-3H3,(H,24,26);1H. The molecule has 3 rings (SSSR count). The van der Waals surface area contributed by atoms with Gasteiger partial charge in [-0.3, -0.25) is 4.79 Å². The largest absolute Gasteiger partial charge is 0.398 e. The Bertz CT molecular complexity index is 784. The Balaban J connectivity index is 0.00000261. The van der Waals surface area contributed by atoms with E-state index in [0.717, 1.165) is 49.3 Å². The Morgan fingerprint density at radius 1 is 1.15 bits per heavy atom. The average molecular weight is 388 g/mol. The monoisotopic (exact) mass is 387 g/mol. The molecule has 146 valence electrons. The van der Waals surface area contributed by atoms with Crippen molar-refractivity contribution in [1.29, 1.82) is 0 Å². The third-order valence-corrected chi connectivity index (χ3v) is 5.42. The summed E-state index contributed by atoms with van der Waals surface area (Å²) in [4.78, 5) is 15.2. The molecule has 1 aliphatic heterocycles. The Morgan fingerprint density at radius 2 is 1.78 bits per heavy atom. The maximum atomic E-state index is 13.1. The molecular weight excluding hydrogens is 358 g/mol. The molecule has 3 N–H and O–H groups in total. The summed E-state index contributed by atoms with van der Waals surface area (Å²) < 4.78 is 0. The van der Waals surface area contributed by atoms with Gasteiger partial charge in [0.25, 0.3) is 0 Å². The fourth-order valence-electron chi connectivity index (χ4n) is 3.85. The third kappa shape index (κ3) is 4.22. The van der Waals surface area contributed by atoms with Gasteiger partial charge in [0.1, 0.15) is 6.04 Å². The van der Waals surface area contributed by atoms with Gasteiger partial charge in [-0.2, -0.15) is 0 Å². The van der Waals surface area contributed by atoms with Crippen molar-refractivity contribution >= 4 is 35.4 Å². The highest BCUT2D eigenvalue weighted by molar-refractivity contribution is 5.98. The average Bonchev–Trinajstić information content (AvgIpc) is 2.67. The lowest BCUT2D eigenvalue weighted by Crippen LogP contribution is -2.45. The highest BCUT2D eigenvalue weighted by Gasteiger charge is 2.27. The molecule has 0 saturated heterocycles. The van der Waals surface area contributed by atoms with E-state index in [2.05, 4.69) is 48.3 Å². The minimum absolute atomic E-state index is 0. The van der Waals surface area contributed by atoms with Gasteiger partial charge in [-0.15, -0.1) is 12.4 Å². The smallest absolute Gasteiger partial charge is 0.246 e. The maximum Gasteiger partial charge on any atom is 0.246 e. The van der Waals surface area contributed by atoms with Gasteiger partial charge in [-0.05, 0) is 61.4 Å². The van der Waals surface area contributed by atoms with Crippen LogP contribution in [0.3, 0.4) is 0 Å². The number of hydrogen-bond acceptors (Lipinski definition) is 3. The van der Waals surface area contributed by atoms with Crippen LogP contribution in [-0.4, -0.2) is 18.5 Å². The van der Waals surface area contributed by atoms with Crippen LogP contribution in [0.4, 0.5) is 17.1 Å². The van der Waals surface area contributed by atoms with Crippen molar-refractivity contribution in [3.63, 3.8) is 0 Å². The zero-order valence-electron chi connectivity index (χ0n) is 16.4. The first-order chi connectivity index (χ1) is 12.6. The van der Waals surface area contributed by atoms with E-state index >= 15 is 0 Å². The molecule has 0 saturated carbocycles. The molecule has 4 nitrogen and oxygen atoms in total. The number of rotatable bonds is 5. The summed E-state index contributed by atoms with van der Waals surface area (Å²) in [7, 11) is 0. The zero-order chi connectivity index (χ0) is 18.7. The number of carbonyl (C=O) groups is 1. The third-order valence-electron chi connectivity index (χ3n) is 5.42. The Morgan fingerprint density at radius 3 is 2.41 bits per heavy atom. The van der Waals surface area contributed by atoms with Gasteiger partial charge in [-0.1, -0.05) is 38.1 Å². The normalized spacial score (nSPS) is 14.1. The van der Waals surface area contributed by atoms with E-state index in [1.54, 1.807) is 0 Å². The van der Waals surface area contributed by atoms with Crippen molar-refractivity contribution in [1.82, 2.24) is 0 Å². The van der Waals surface area contributed by atoms with E-state index < -0.39 is 0 Å². The summed E-state index contributed by atoms with van der Waals surface area (Å²) in [5.74, 6) is 0.0378. The number of amides is 1. The molecule has 1 unspecified atom stereocenters. The second-order valence-electron chi connectivity index (χ2n) is 6.97. The maximum absolute atomic E-state index is 13.1. The number of nitrogen functional groups attached to an aromatic ring is 1. The number of nitrogens with one attached hydrogen (secondary N) is 1. The molecule has 5 heteroatoms. The van der Waals surface area contributed by atoms with Crippen LogP contribution in [-0.2, 0) is 24.1 Å². The second-order valence-corrected chi connectivity index (χ2v) is 6.97. The Hall–Kier alpha value is -2.20. The summed E-state index contributed by atoms with van der Waals surface area (Å²) in [6, 6.07) is 12.0. The van der Waals surface area contributed by atoms with Gasteiger partial charge in [0.05, 0.1) is 0 Å². The van der Waals surface area contributed by atoms with Crippen LogP contribution in [0.15, 0.2) is 36.4 Å². The van der Waals surface area contributed by atoms with Crippen LogP contribution >= 0.6 is 12.4 Å². The number of benzene rings is 2. The predicted octanol–water partition coefficient (Wildman–Crippen LogP) is 4.60. The number of halogens is 1. The minimum atomic E-state index is -0.245. The lowest BCUT2D eigenvalue weighted by molar-refractivity contribution is -0.117. The second kappa shape index (κ2) is 9.14. The number of fused-ring (bicyclic) bond motifs is 1. The highest BCUT2D eigenvalue weighted by atomic mass is 35.5. The zero-order valence-corrected chi connectivity index (χ0v) is 17.2. The van der Waals surface area contributed by atoms with Crippen LogP contribution in [0.2, 0.25) is 0 Å². The molecule has 0 aliphatic carbocycles. The van der Waals surface area contributed by atoms with Crippen molar-refractivity contribution in [2.24, 2.45) is 0 Å². The molecule has 0 aromatic heterocycles. The lowest BCUT2D eigenvalue weighted by Gasteiger charge is -2.36. The van der Waals surface area contributed by atoms with E-state index in [0.29, 0.717) is 0 Å². The molecule has 0 spiro atoms. The van der Waals surface area contributed by atoms with Gasteiger partial charge < -0.3 is 16.0 Å². The quantitative estimate of drug-likeness (QED) is 0.737. The molecule has 0 radical (unpaired) electrons. The molecular formula is C22H30ClN3O. The van der Waals surface area contributed by atoms with Gasteiger partial charge in [-0.25, -0.2) is 0 Å². The number of para-hydroxylation sites is 1. The number of aryl methyl sites for hydroxylation is 2. The molecule has 1 amide bonds. The first-order valence-corrected chi connectivity index (χ1v) is 9.62. The number of anilines is 3. The molecule has 1 atom stereocenters. The van der Waals surface area contributed by atoms with Gasteiger partial charge in [0, 0.05) is 23.6 Å². The number of hydrogen-bond donors (Lipinski definition) is 2. The van der Waals surface area contributed by atoms with E-state index in [1.165, 1.54) is 16.7 Å². The van der Waals surface area contributed by atoms with E-state index in [4.69, 9.17) is 5.73 Å². The van der Waals surface area contributed by atoms with Crippen LogP contribution in [0.5, 0.6) is 0 Å². The summed E-state index contributed by atoms with van der Waals surface area (Å²) in [5, 5.41) is 3.21. The number of nitrogens with zero attached hydrogens (tertiary/aromatic N) is 1. The molecule has 2 aromatic carbocycles.